The molecule has 0 fully saturated rings. The van der Waals surface area contributed by atoms with E-state index in [1.807, 2.05) is 4.40 Å². The third kappa shape index (κ3) is 6.89. The summed E-state index contributed by atoms with van der Waals surface area (Å²) in [5.41, 5.74) is 13.7. The molecule has 2 bridgehead atoms. The second kappa shape index (κ2) is 13.3. The fraction of sp³-hybridized carbons (Fsp3) is 0.455. The first-order valence-electron chi connectivity index (χ1n) is 19.2. The molecule has 0 spiro atoms. The van der Waals surface area contributed by atoms with Crippen molar-refractivity contribution in [1.82, 2.24) is 4.27 Å². The minimum atomic E-state index is -2.28. The first-order valence-corrected chi connectivity index (χ1v) is 42.5. The Morgan fingerprint density at radius 2 is 0.882 bits per heavy atom. The van der Waals surface area contributed by atoms with Crippen LogP contribution >= 0.6 is 0 Å². The molecule has 0 radical (unpaired) electrons. The fourth-order valence-electron chi connectivity index (χ4n) is 10.9. The normalized spacial score (nSPS) is 18.8. The SMILES string of the molecule is CC(C)(C)c1cc(C([Si](C)(C)C)[Si](C)(C)C)[c]([Ge](=[Te])[NH]C23c4ccccc4C(c4ccccc42)c2ccccc23)c(C([Si](C)(C)C)[Si](C)(C)C)c1. The molecular formula is C44H63GeNSi4Te. The summed E-state index contributed by atoms with van der Waals surface area (Å²) in [6.07, 6.45) is 0. The molecule has 3 aliphatic carbocycles. The van der Waals surface area contributed by atoms with Crippen LogP contribution in [0.25, 0.3) is 0 Å². The van der Waals surface area contributed by atoms with Crippen molar-refractivity contribution in [2.24, 2.45) is 0 Å². The molecule has 0 heterocycles. The molecule has 270 valence electrons. The monoisotopic (exact) mass is 921 g/mol. The minimum absolute atomic E-state index is 0.0916. The van der Waals surface area contributed by atoms with Crippen molar-refractivity contribution in [2.75, 3.05) is 0 Å². The van der Waals surface area contributed by atoms with Crippen LogP contribution in [0.3, 0.4) is 0 Å². The Balaban J connectivity index is 1.74. The molecule has 4 aromatic rings. The Bertz CT molecular complexity index is 1800. The topological polar surface area (TPSA) is 12.0 Å². The van der Waals surface area contributed by atoms with Gasteiger partial charge in [0.1, 0.15) is 0 Å². The Hall–Kier alpha value is -1.12. The third-order valence-corrected chi connectivity index (χ3v) is 38.2. The van der Waals surface area contributed by atoms with E-state index in [9.17, 15) is 0 Å². The van der Waals surface area contributed by atoms with Crippen LogP contribution in [-0.2, 0) is 11.0 Å². The standard InChI is InChI=1S/C44H63GeNSi4Te/c1-43(2,3)30-28-34(41(47(4,5)6)48(7,8)9)40(35(29-30)42(49(10,11)12)50(13,14)15)45(51)46-44-36-25-19-16-22-31(36)39(32-23-17-20-26-37(32)44)33-24-18-21-27-38(33)44/h16-29,39,41-42,46H,1-15H3. The second-order valence-corrected chi connectivity index (χ2v) is 52.4. The van der Waals surface area contributed by atoms with Gasteiger partial charge in [-0.2, -0.15) is 0 Å². The van der Waals surface area contributed by atoms with Crippen molar-refractivity contribution >= 4 is 66.8 Å². The van der Waals surface area contributed by atoms with Crippen LogP contribution in [0.15, 0.2) is 84.9 Å². The number of hydrogen-bond acceptors (Lipinski definition) is 1. The molecule has 7 heteroatoms. The van der Waals surface area contributed by atoms with E-state index in [-0.39, 0.29) is 11.0 Å². The van der Waals surface area contributed by atoms with E-state index in [1.165, 1.54) is 33.4 Å². The molecule has 0 atom stereocenters. The third-order valence-electron chi connectivity index (χ3n) is 11.7. The number of nitrogens with one attached hydrogen (secondary N) is 1. The molecule has 7 rings (SSSR count). The van der Waals surface area contributed by atoms with E-state index in [0.717, 1.165) is 0 Å². The molecule has 51 heavy (non-hydrogen) atoms. The molecule has 0 aromatic heterocycles. The molecule has 0 aliphatic heterocycles. The molecule has 0 saturated heterocycles. The van der Waals surface area contributed by atoms with Crippen molar-refractivity contribution in [3.8, 4) is 0 Å². The Kier molecular flexibility index (Phi) is 10.3. The van der Waals surface area contributed by atoms with Crippen molar-refractivity contribution in [2.45, 2.75) is 127 Å². The summed E-state index contributed by atoms with van der Waals surface area (Å²) in [7, 11) is -8.81. The molecule has 0 saturated carbocycles. The predicted octanol–water partition coefficient (Wildman–Crippen LogP) is 10.9. The van der Waals surface area contributed by atoms with Gasteiger partial charge in [-0.25, -0.2) is 0 Å². The first kappa shape index (κ1) is 39.6. The van der Waals surface area contributed by atoms with Gasteiger partial charge in [0.25, 0.3) is 0 Å². The average Bonchev–Trinajstić information content (AvgIpc) is 2.98. The van der Waals surface area contributed by atoms with Gasteiger partial charge in [-0.05, 0) is 0 Å². The first-order chi connectivity index (χ1) is 23.4. The Morgan fingerprint density at radius 1 is 0.569 bits per heavy atom. The van der Waals surface area contributed by atoms with Crippen molar-refractivity contribution in [1.29, 1.82) is 0 Å². The fourth-order valence-corrected chi connectivity index (χ4v) is 47.2. The van der Waals surface area contributed by atoms with E-state index < -0.39 is 43.1 Å². The average molecular weight is 919 g/mol. The zero-order valence-corrected chi connectivity index (χ0v) is 42.7. The van der Waals surface area contributed by atoms with Crippen LogP contribution in [0.1, 0.15) is 87.1 Å². The molecule has 4 aromatic carbocycles. The van der Waals surface area contributed by atoms with Crippen LogP contribution < -0.4 is 8.67 Å². The summed E-state index contributed by atoms with van der Waals surface area (Å²) >= 11 is 2.60. The second-order valence-electron chi connectivity index (χ2n) is 21.0. The Labute approximate surface area is 329 Å². The summed E-state index contributed by atoms with van der Waals surface area (Å²) in [4.78, 5) is 0. The van der Waals surface area contributed by atoms with Crippen LogP contribution in [0.4, 0.5) is 0 Å². The van der Waals surface area contributed by atoms with Crippen LogP contribution in [0.5, 0.6) is 0 Å². The van der Waals surface area contributed by atoms with E-state index in [2.05, 4.69) is 204 Å². The van der Waals surface area contributed by atoms with Crippen LogP contribution in [-0.4, -0.2) is 62.4 Å². The van der Waals surface area contributed by atoms with Gasteiger partial charge in [0.2, 0.25) is 0 Å². The van der Waals surface area contributed by atoms with Gasteiger partial charge in [-0.15, -0.1) is 0 Å². The maximum atomic E-state index is 4.79. The van der Waals surface area contributed by atoms with E-state index in [4.69, 9.17) is 4.27 Å². The van der Waals surface area contributed by atoms with Gasteiger partial charge >= 0.3 is 333 Å². The van der Waals surface area contributed by atoms with Gasteiger partial charge in [0.05, 0.1) is 0 Å². The summed E-state index contributed by atoms with van der Waals surface area (Å²) in [6.45, 7) is 39.4. The van der Waals surface area contributed by atoms with Crippen molar-refractivity contribution in [3.05, 3.63) is 135 Å². The molecule has 0 unspecified atom stereocenters. The van der Waals surface area contributed by atoms with E-state index in [1.54, 1.807) is 16.7 Å². The van der Waals surface area contributed by atoms with Crippen LogP contribution in [0, 0.1) is 0 Å². The van der Waals surface area contributed by atoms with E-state index >= 15 is 0 Å². The van der Waals surface area contributed by atoms with Gasteiger partial charge in [0, 0.05) is 0 Å². The summed E-state index contributed by atoms with van der Waals surface area (Å²) < 4.78 is 6.60. The molecule has 0 amide bonds. The zero-order valence-electron chi connectivity index (χ0n) is 34.2. The number of rotatable bonds is 9. The molecule has 3 aliphatic rings. The maximum absolute atomic E-state index is 4.79. The van der Waals surface area contributed by atoms with Crippen molar-refractivity contribution < 1.29 is 0 Å². The zero-order chi connectivity index (χ0) is 37.7. The summed E-state index contributed by atoms with van der Waals surface area (Å²) in [6, 6.07) is 33.9. The summed E-state index contributed by atoms with van der Waals surface area (Å²) in [5, 5.41) is 1.37. The van der Waals surface area contributed by atoms with Gasteiger partial charge < -0.3 is 0 Å². The molecule has 1 nitrogen and oxygen atoms in total. The quantitative estimate of drug-likeness (QED) is 0.165. The van der Waals surface area contributed by atoms with Gasteiger partial charge in [-0.3, -0.25) is 0 Å². The molecular weight excluding hydrogens is 855 g/mol. The Morgan fingerprint density at radius 3 is 1.18 bits per heavy atom. The van der Waals surface area contributed by atoms with Crippen LogP contribution in [0.2, 0.25) is 78.6 Å². The number of benzene rings is 4. The number of hydrogen-bond donors (Lipinski definition) is 1. The summed E-state index contributed by atoms with van der Waals surface area (Å²) in [5.74, 6) is 0.293. The van der Waals surface area contributed by atoms with Gasteiger partial charge in [0.15, 0.2) is 0 Å². The van der Waals surface area contributed by atoms with Gasteiger partial charge in [-0.1, -0.05) is 0 Å². The predicted molar refractivity (Wildman–Crippen MR) is 238 cm³/mol. The molecule has 1 N–H and O–H groups in total. The van der Waals surface area contributed by atoms with E-state index in [0.29, 0.717) is 16.2 Å². The van der Waals surface area contributed by atoms with Crippen molar-refractivity contribution in [3.63, 3.8) is 0 Å².